The number of methoxy groups -OCH3 is 1. The van der Waals surface area contributed by atoms with Gasteiger partial charge in [-0.2, -0.15) is 5.26 Å². The van der Waals surface area contributed by atoms with Gasteiger partial charge in [0.2, 0.25) is 0 Å². The van der Waals surface area contributed by atoms with Gasteiger partial charge in [0.15, 0.2) is 0 Å². The van der Waals surface area contributed by atoms with Gasteiger partial charge in [0, 0.05) is 29.7 Å². The van der Waals surface area contributed by atoms with Crippen molar-refractivity contribution in [2.24, 2.45) is 0 Å². The highest BCUT2D eigenvalue weighted by atomic mass is 19.4. The molecule has 0 saturated carbocycles. The van der Waals surface area contributed by atoms with E-state index in [9.17, 15) is 28.0 Å². The van der Waals surface area contributed by atoms with Gasteiger partial charge < -0.3 is 10.1 Å². The zero-order valence-electron chi connectivity index (χ0n) is 20.0. The first-order valence-corrected chi connectivity index (χ1v) is 11.3. The number of nitrogens with zero attached hydrogens (tertiary/aromatic N) is 3. The lowest BCUT2D eigenvalue weighted by molar-refractivity contribution is -0.324. The molecule has 0 spiro atoms. The molecular formula is C25H24F3N5O4. The second kappa shape index (κ2) is 10.5. The SMILES string of the molecule is COc1ccc(C(=O)N[C@H]2CNN3C=C(C)N(c4ccc(CCOC(F)(F)F)cc4)C(=O)C23)cc1C#N. The fourth-order valence-corrected chi connectivity index (χ4v) is 4.34. The van der Waals surface area contributed by atoms with Crippen molar-refractivity contribution in [3.05, 3.63) is 71.1 Å². The lowest BCUT2D eigenvalue weighted by atomic mass is 10.0. The molecule has 2 atom stereocenters. The summed E-state index contributed by atoms with van der Waals surface area (Å²) in [5, 5.41) is 13.8. The van der Waals surface area contributed by atoms with E-state index < -0.39 is 31.0 Å². The van der Waals surface area contributed by atoms with E-state index in [-0.39, 0.29) is 23.5 Å². The van der Waals surface area contributed by atoms with Crippen molar-refractivity contribution in [2.75, 3.05) is 25.2 Å². The lowest BCUT2D eigenvalue weighted by Gasteiger charge is -2.37. The Morgan fingerprint density at radius 2 is 1.97 bits per heavy atom. The number of hydrogen-bond acceptors (Lipinski definition) is 7. The zero-order valence-corrected chi connectivity index (χ0v) is 20.0. The minimum Gasteiger partial charge on any atom is -0.495 e. The number of nitriles is 1. The summed E-state index contributed by atoms with van der Waals surface area (Å²) >= 11 is 0. The molecule has 1 unspecified atom stereocenters. The normalized spacial score (nSPS) is 19.2. The van der Waals surface area contributed by atoms with Crippen LogP contribution in [0.3, 0.4) is 0 Å². The molecule has 2 amide bonds. The molecule has 4 rings (SSSR count). The predicted octanol–water partition coefficient (Wildman–Crippen LogP) is 2.84. The van der Waals surface area contributed by atoms with E-state index in [1.807, 2.05) is 6.07 Å². The molecule has 194 valence electrons. The van der Waals surface area contributed by atoms with Gasteiger partial charge in [0.25, 0.3) is 11.8 Å². The first kappa shape index (κ1) is 26.0. The molecule has 37 heavy (non-hydrogen) atoms. The van der Waals surface area contributed by atoms with Crippen molar-refractivity contribution in [3.8, 4) is 11.8 Å². The summed E-state index contributed by atoms with van der Waals surface area (Å²) in [7, 11) is 1.43. The van der Waals surface area contributed by atoms with Crippen LogP contribution in [0.2, 0.25) is 0 Å². The summed E-state index contributed by atoms with van der Waals surface area (Å²) in [5.74, 6) is -0.370. The minimum atomic E-state index is -4.68. The number of halogens is 3. The Balaban J connectivity index is 1.47. The number of carbonyl (C=O) groups is 2. The molecule has 0 aliphatic carbocycles. The van der Waals surface area contributed by atoms with Gasteiger partial charge in [-0.1, -0.05) is 12.1 Å². The molecule has 2 aromatic carbocycles. The Hall–Kier alpha value is -4.08. The second-order valence-corrected chi connectivity index (χ2v) is 8.48. The average molecular weight is 515 g/mol. The van der Waals surface area contributed by atoms with E-state index in [1.165, 1.54) is 30.2 Å². The lowest BCUT2D eigenvalue weighted by Crippen LogP contribution is -2.56. The Labute approximate surface area is 211 Å². The first-order chi connectivity index (χ1) is 17.6. The van der Waals surface area contributed by atoms with Crippen LogP contribution < -0.4 is 20.4 Å². The third-order valence-corrected chi connectivity index (χ3v) is 6.08. The predicted molar refractivity (Wildman–Crippen MR) is 126 cm³/mol. The first-order valence-electron chi connectivity index (χ1n) is 11.3. The maximum absolute atomic E-state index is 13.5. The van der Waals surface area contributed by atoms with Crippen LogP contribution in [0, 0.1) is 11.3 Å². The number of rotatable bonds is 7. The van der Waals surface area contributed by atoms with Crippen molar-refractivity contribution in [1.82, 2.24) is 15.8 Å². The largest absolute Gasteiger partial charge is 0.522 e. The summed E-state index contributed by atoms with van der Waals surface area (Å²) < 4.78 is 45.5. The van der Waals surface area contributed by atoms with Crippen LogP contribution >= 0.6 is 0 Å². The number of fused-ring (bicyclic) bond motifs is 1. The van der Waals surface area contributed by atoms with Crippen molar-refractivity contribution in [1.29, 1.82) is 5.26 Å². The standard InChI is InChI=1S/C25H24F3N5O4/c1-15-14-32-22(20(13-30-32)31-23(34)17-5-8-21(36-2)18(11-17)12-29)24(35)33(15)19-6-3-16(4-7-19)9-10-37-25(26,27)28/h3-8,11,14,20,22,30H,9-10,13H2,1-2H3,(H,31,34)/t20-,22?/m0/s1. The summed E-state index contributed by atoms with van der Waals surface area (Å²) in [6.07, 6.45) is -2.86. The Morgan fingerprint density at radius 3 is 2.62 bits per heavy atom. The summed E-state index contributed by atoms with van der Waals surface area (Å²) in [6.45, 7) is 1.56. The highest BCUT2D eigenvalue weighted by Gasteiger charge is 2.45. The Kier molecular flexibility index (Phi) is 7.37. The Morgan fingerprint density at radius 1 is 1.24 bits per heavy atom. The van der Waals surface area contributed by atoms with E-state index in [4.69, 9.17) is 4.74 Å². The molecule has 2 aromatic rings. The van der Waals surface area contributed by atoms with Gasteiger partial charge >= 0.3 is 6.36 Å². The summed E-state index contributed by atoms with van der Waals surface area (Å²) in [6, 6.07) is 11.8. The Bertz CT molecular complexity index is 1260. The third kappa shape index (κ3) is 5.68. The van der Waals surface area contributed by atoms with E-state index in [0.717, 1.165) is 0 Å². The number of allylic oxidation sites excluding steroid dienone is 1. The number of anilines is 1. The van der Waals surface area contributed by atoms with Crippen LogP contribution in [0.5, 0.6) is 5.75 Å². The molecule has 0 bridgehead atoms. The molecule has 2 N–H and O–H groups in total. The van der Waals surface area contributed by atoms with Crippen LogP contribution in [0.15, 0.2) is 54.4 Å². The van der Waals surface area contributed by atoms with Crippen molar-refractivity contribution in [3.63, 3.8) is 0 Å². The fraction of sp³-hybridized carbons (Fsp3) is 0.320. The second-order valence-electron chi connectivity index (χ2n) is 8.48. The van der Waals surface area contributed by atoms with Gasteiger partial charge in [-0.05, 0) is 49.2 Å². The van der Waals surface area contributed by atoms with E-state index in [2.05, 4.69) is 15.5 Å². The van der Waals surface area contributed by atoms with Crippen molar-refractivity contribution < 1.29 is 32.2 Å². The van der Waals surface area contributed by atoms with Crippen molar-refractivity contribution >= 4 is 17.5 Å². The van der Waals surface area contributed by atoms with Gasteiger partial charge in [-0.15, -0.1) is 13.2 Å². The number of hydrogen-bond donors (Lipinski definition) is 2. The number of benzene rings is 2. The average Bonchev–Trinajstić information content (AvgIpc) is 3.26. The van der Waals surface area contributed by atoms with Gasteiger partial charge in [-0.3, -0.25) is 24.2 Å². The fourth-order valence-electron chi connectivity index (χ4n) is 4.34. The maximum atomic E-state index is 13.5. The third-order valence-electron chi connectivity index (χ3n) is 6.08. The molecule has 0 aromatic heterocycles. The molecule has 2 heterocycles. The monoisotopic (exact) mass is 515 g/mol. The van der Waals surface area contributed by atoms with Crippen LogP contribution in [0.25, 0.3) is 0 Å². The molecule has 0 radical (unpaired) electrons. The van der Waals surface area contributed by atoms with E-state index in [1.54, 1.807) is 42.4 Å². The smallest absolute Gasteiger partial charge is 0.495 e. The van der Waals surface area contributed by atoms with Gasteiger partial charge in [-0.25, -0.2) is 5.43 Å². The molecular weight excluding hydrogens is 491 g/mol. The number of amides is 2. The van der Waals surface area contributed by atoms with Gasteiger partial charge in [0.1, 0.15) is 17.9 Å². The quantitative estimate of drug-likeness (QED) is 0.584. The van der Waals surface area contributed by atoms with Crippen LogP contribution in [0.1, 0.15) is 28.4 Å². The van der Waals surface area contributed by atoms with E-state index >= 15 is 0 Å². The number of nitrogens with one attached hydrogen (secondary N) is 2. The number of hydrazine groups is 1. The zero-order chi connectivity index (χ0) is 26.7. The molecule has 9 nitrogen and oxygen atoms in total. The topological polar surface area (TPSA) is 107 Å². The molecule has 12 heteroatoms. The molecule has 2 aliphatic heterocycles. The highest BCUT2D eigenvalue weighted by Crippen LogP contribution is 2.29. The molecule has 2 aliphatic rings. The minimum absolute atomic E-state index is 0.0653. The number of carbonyl (C=O) groups excluding carboxylic acids is 2. The van der Waals surface area contributed by atoms with Gasteiger partial charge in [0.05, 0.1) is 25.3 Å². The number of alkyl halides is 3. The van der Waals surface area contributed by atoms with Crippen molar-refractivity contribution in [2.45, 2.75) is 31.8 Å². The molecule has 1 saturated heterocycles. The van der Waals surface area contributed by atoms with E-state index in [0.29, 0.717) is 29.2 Å². The summed E-state index contributed by atoms with van der Waals surface area (Å²) in [5.41, 5.74) is 5.38. The maximum Gasteiger partial charge on any atom is 0.522 e. The van der Waals surface area contributed by atoms with Crippen LogP contribution in [0.4, 0.5) is 18.9 Å². The van der Waals surface area contributed by atoms with Crippen LogP contribution in [-0.2, 0) is 16.0 Å². The highest BCUT2D eigenvalue weighted by molar-refractivity contribution is 6.02. The number of ether oxygens (including phenoxy) is 2. The molecule has 1 fully saturated rings. The van der Waals surface area contributed by atoms with Crippen LogP contribution in [-0.4, -0.2) is 55.5 Å². The summed E-state index contributed by atoms with van der Waals surface area (Å²) in [4.78, 5) is 28.0.